The molecule has 2 aromatic heterocycles. The summed E-state index contributed by atoms with van der Waals surface area (Å²) in [6.07, 6.45) is 6.43. The molecule has 6 nitrogen and oxygen atoms in total. The first-order valence-electron chi connectivity index (χ1n) is 10.5. The lowest BCUT2D eigenvalue weighted by Gasteiger charge is -2.43. The number of alkyl carbamates (subject to hydrolysis) is 1. The van der Waals surface area contributed by atoms with E-state index in [9.17, 15) is 4.79 Å². The standard InChI is InChI=1S/C23H30N4O2/c1-5-9-19-25-18-14-24-17-11-7-6-10-16(17)20(18)27(19)15-23(12-8-13-23)26-21(28)29-22(2,3)4/h6-7,10-11,14H,5,8-9,12-13,15H2,1-4H3,(H,26,28). The lowest BCUT2D eigenvalue weighted by molar-refractivity contribution is 0.0358. The Kier molecular flexibility index (Phi) is 4.97. The third-order valence-corrected chi connectivity index (χ3v) is 5.57. The second-order valence-electron chi connectivity index (χ2n) is 9.13. The Hall–Kier alpha value is -2.63. The molecule has 0 aliphatic heterocycles. The quantitative estimate of drug-likeness (QED) is 0.662. The molecule has 0 atom stereocenters. The number of amides is 1. The summed E-state index contributed by atoms with van der Waals surface area (Å²) < 4.78 is 7.84. The number of aryl methyl sites for hydroxylation is 1. The molecule has 2 heterocycles. The van der Waals surface area contributed by atoms with Gasteiger partial charge in [0, 0.05) is 18.4 Å². The van der Waals surface area contributed by atoms with Gasteiger partial charge < -0.3 is 14.6 Å². The number of hydrogen-bond acceptors (Lipinski definition) is 4. The molecule has 154 valence electrons. The van der Waals surface area contributed by atoms with Crippen LogP contribution < -0.4 is 5.32 Å². The smallest absolute Gasteiger partial charge is 0.408 e. The van der Waals surface area contributed by atoms with Gasteiger partial charge in [-0.05, 0) is 52.5 Å². The van der Waals surface area contributed by atoms with E-state index in [-0.39, 0.29) is 11.6 Å². The Morgan fingerprint density at radius 3 is 2.66 bits per heavy atom. The van der Waals surface area contributed by atoms with Crippen LogP contribution in [0.15, 0.2) is 30.5 Å². The maximum atomic E-state index is 12.5. The van der Waals surface area contributed by atoms with Crippen LogP contribution in [0.25, 0.3) is 21.9 Å². The van der Waals surface area contributed by atoms with Gasteiger partial charge in [-0.25, -0.2) is 9.78 Å². The summed E-state index contributed by atoms with van der Waals surface area (Å²) in [5.74, 6) is 1.05. The van der Waals surface area contributed by atoms with Crippen molar-refractivity contribution in [2.75, 3.05) is 0 Å². The largest absolute Gasteiger partial charge is 0.444 e. The fraction of sp³-hybridized carbons (Fsp3) is 0.522. The van der Waals surface area contributed by atoms with Crippen molar-refractivity contribution in [1.82, 2.24) is 19.9 Å². The van der Waals surface area contributed by atoms with Crippen molar-refractivity contribution in [2.45, 2.75) is 77.5 Å². The molecule has 1 aliphatic rings. The minimum Gasteiger partial charge on any atom is -0.444 e. The van der Waals surface area contributed by atoms with Crippen LogP contribution in [0.1, 0.15) is 59.2 Å². The minimum absolute atomic E-state index is 0.289. The van der Waals surface area contributed by atoms with Crippen LogP contribution in [0.2, 0.25) is 0 Å². The normalized spacial score (nSPS) is 16.0. The molecule has 3 aromatic rings. The minimum atomic E-state index is -0.508. The molecular formula is C23H30N4O2. The zero-order valence-electron chi connectivity index (χ0n) is 17.8. The van der Waals surface area contributed by atoms with Gasteiger partial charge in [0.1, 0.15) is 16.9 Å². The number of carbonyl (C=O) groups is 1. The molecule has 0 unspecified atom stereocenters. The van der Waals surface area contributed by atoms with E-state index >= 15 is 0 Å². The summed E-state index contributed by atoms with van der Waals surface area (Å²) in [6, 6.07) is 8.18. The highest BCUT2D eigenvalue weighted by atomic mass is 16.6. The van der Waals surface area contributed by atoms with Gasteiger partial charge in [0.2, 0.25) is 0 Å². The first-order valence-corrected chi connectivity index (χ1v) is 10.5. The summed E-state index contributed by atoms with van der Waals surface area (Å²) in [7, 11) is 0. The van der Waals surface area contributed by atoms with Gasteiger partial charge in [-0.15, -0.1) is 0 Å². The van der Waals surface area contributed by atoms with Gasteiger partial charge in [-0.1, -0.05) is 25.1 Å². The average molecular weight is 395 g/mol. The number of aromatic nitrogens is 3. The lowest BCUT2D eigenvalue weighted by atomic mass is 9.76. The number of nitrogens with zero attached hydrogens (tertiary/aromatic N) is 3. The van der Waals surface area contributed by atoms with Crippen molar-refractivity contribution in [3.63, 3.8) is 0 Å². The third kappa shape index (κ3) is 3.93. The van der Waals surface area contributed by atoms with Gasteiger partial charge in [0.05, 0.1) is 22.8 Å². The number of imidazole rings is 1. The number of fused-ring (bicyclic) bond motifs is 3. The van der Waals surface area contributed by atoms with Crippen LogP contribution in [0, 0.1) is 0 Å². The Morgan fingerprint density at radius 2 is 2.00 bits per heavy atom. The van der Waals surface area contributed by atoms with E-state index in [2.05, 4.69) is 27.9 Å². The number of para-hydroxylation sites is 1. The average Bonchev–Trinajstić information content (AvgIpc) is 2.96. The van der Waals surface area contributed by atoms with Crippen LogP contribution >= 0.6 is 0 Å². The van der Waals surface area contributed by atoms with E-state index in [0.717, 1.165) is 59.9 Å². The molecular weight excluding hydrogens is 364 g/mol. The van der Waals surface area contributed by atoms with Crippen molar-refractivity contribution in [1.29, 1.82) is 0 Å². The topological polar surface area (TPSA) is 69.0 Å². The van der Waals surface area contributed by atoms with Crippen molar-refractivity contribution in [2.24, 2.45) is 0 Å². The van der Waals surface area contributed by atoms with E-state index in [1.807, 2.05) is 45.2 Å². The highest BCUT2D eigenvalue weighted by molar-refractivity contribution is 6.02. The van der Waals surface area contributed by atoms with Crippen LogP contribution in [-0.2, 0) is 17.7 Å². The number of carbonyl (C=O) groups excluding carboxylic acids is 1. The van der Waals surface area contributed by atoms with E-state index in [1.165, 1.54) is 0 Å². The summed E-state index contributed by atoms with van der Waals surface area (Å²) in [6.45, 7) is 8.54. The zero-order valence-corrected chi connectivity index (χ0v) is 17.8. The first kappa shape index (κ1) is 19.7. The van der Waals surface area contributed by atoms with Crippen molar-refractivity contribution in [3.8, 4) is 0 Å². The Balaban J connectivity index is 1.74. The number of rotatable bonds is 5. The van der Waals surface area contributed by atoms with Crippen LogP contribution in [0.3, 0.4) is 0 Å². The molecule has 1 amide bonds. The molecule has 1 aromatic carbocycles. The molecule has 0 bridgehead atoms. The number of nitrogens with one attached hydrogen (secondary N) is 1. The maximum absolute atomic E-state index is 12.5. The molecule has 6 heteroatoms. The van der Waals surface area contributed by atoms with E-state index in [0.29, 0.717) is 6.54 Å². The van der Waals surface area contributed by atoms with Gasteiger partial charge in [0.15, 0.2) is 0 Å². The summed E-state index contributed by atoms with van der Waals surface area (Å²) in [5, 5.41) is 4.28. The number of pyridine rings is 1. The molecule has 1 aliphatic carbocycles. The fourth-order valence-corrected chi connectivity index (χ4v) is 4.14. The van der Waals surface area contributed by atoms with Gasteiger partial charge in [0.25, 0.3) is 0 Å². The number of ether oxygens (including phenoxy) is 1. The monoisotopic (exact) mass is 394 g/mol. The summed E-state index contributed by atoms with van der Waals surface area (Å²) in [4.78, 5) is 22.0. The molecule has 0 spiro atoms. The van der Waals surface area contributed by atoms with Crippen molar-refractivity contribution in [3.05, 3.63) is 36.3 Å². The molecule has 1 N–H and O–H groups in total. The Morgan fingerprint density at radius 1 is 1.24 bits per heavy atom. The molecule has 4 rings (SSSR count). The predicted molar refractivity (Wildman–Crippen MR) is 115 cm³/mol. The first-order chi connectivity index (χ1) is 13.8. The lowest BCUT2D eigenvalue weighted by Crippen LogP contribution is -2.57. The van der Waals surface area contributed by atoms with Gasteiger partial charge in [-0.3, -0.25) is 4.98 Å². The molecule has 1 fully saturated rings. The molecule has 0 saturated heterocycles. The second-order valence-corrected chi connectivity index (χ2v) is 9.13. The van der Waals surface area contributed by atoms with E-state index in [1.54, 1.807) is 0 Å². The predicted octanol–water partition coefficient (Wildman–Crippen LogP) is 4.98. The molecule has 29 heavy (non-hydrogen) atoms. The highest BCUT2D eigenvalue weighted by Gasteiger charge is 2.40. The second kappa shape index (κ2) is 7.32. The SMILES string of the molecule is CCCc1nc2cnc3ccccc3c2n1CC1(NC(=O)OC(C)(C)C)CCC1. The van der Waals surface area contributed by atoms with Crippen LogP contribution in [0.5, 0.6) is 0 Å². The van der Waals surface area contributed by atoms with E-state index in [4.69, 9.17) is 9.72 Å². The highest BCUT2D eigenvalue weighted by Crippen LogP contribution is 2.36. The third-order valence-electron chi connectivity index (χ3n) is 5.57. The maximum Gasteiger partial charge on any atom is 0.408 e. The number of benzene rings is 1. The van der Waals surface area contributed by atoms with Crippen LogP contribution in [-0.4, -0.2) is 31.8 Å². The van der Waals surface area contributed by atoms with Gasteiger partial charge >= 0.3 is 6.09 Å². The number of hydrogen-bond donors (Lipinski definition) is 1. The zero-order chi connectivity index (χ0) is 20.6. The molecule has 0 radical (unpaired) electrons. The van der Waals surface area contributed by atoms with Crippen LogP contribution in [0.4, 0.5) is 4.79 Å². The molecule has 1 saturated carbocycles. The van der Waals surface area contributed by atoms with Crippen molar-refractivity contribution >= 4 is 28.0 Å². The summed E-state index contributed by atoms with van der Waals surface area (Å²) >= 11 is 0. The van der Waals surface area contributed by atoms with Gasteiger partial charge in [-0.2, -0.15) is 0 Å². The van der Waals surface area contributed by atoms with E-state index < -0.39 is 5.60 Å². The fourth-order valence-electron chi connectivity index (χ4n) is 4.14. The Bertz CT molecular complexity index is 1040. The summed E-state index contributed by atoms with van der Waals surface area (Å²) in [5.41, 5.74) is 2.19. The Labute approximate surface area is 171 Å². The van der Waals surface area contributed by atoms with Crippen molar-refractivity contribution < 1.29 is 9.53 Å².